The zero-order valence-electron chi connectivity index (χ0n) is 14.8. The maximum absolute atomic E-state index is 12.6. The lowest BCUT2D eigenvalue weighted by Crippen LogP contribution is -2.46. The third-order valence-corrected chi connectivity index (χ3v) is 6.14. The van der Waals surface area contributed by atoms with Gasteiger partial charge in [0, 0.05) is 19.6 Å². The summed E-state index contributed by atoms with van der Waals surface area (Å²) in [6.45, 7) is 2.11. The Morgan fingerprint density at radius 3 is 2.85 bits per heavy atom. The number of hydrogen-bond donors (Lipinski definition) is 0. The first-order valence-electron chi connectivity index (χ1n) is 8.98. The van der Waals surface area contributed by atoms with Gasteiger partial charge in [-0.1, -0.05) is 6.08 Å². The lowest BCUT2D eigenvalue weighted by Gasteiger charge is -2.44. The summed E-state index contributed by atoms with van der Waals surface area (Å²) in [5.41, 5.74) is 1.96. The third kappa shape index (κ3) is 3.89. The van der Waals surface area contributed by atoms with Gasteiger partial charge in [-0.3, -0.25) is 4.90 Å². The van der Waals surface area contributed by atoms with Gasteiger partial charge in [-0.15, -0.1) is 4.37 Å². The van der Waals surface area contributed by atoms with Crippen molar-refractivity contribution in [2.24, 2.45) is 5.41 Å². The van der Waals surface area contributed by atoms with Crippen molar-refractivity contribution in [1.29, 1.82) is 0 Å². The van der Waals surface area contributed by atoms with E-state index < -0.39 is 12.7 Å². The van der Waals surface area contributed by atoms with Gasteiger partial charge >= 0.3 is 6.18 Å². The van der Waals surface area contributed by atoms with Crippen molar-refractivity contribution in [3.8, 4) is 5.88 Å². The molecule has 2 aliphatic heterocycles. The molecule has 1 saturated heterocycles. The fourth-order valence-corrected chi connectivity index (χ4v) is 4.94. The average molecular weight is 388 g/mol. The number of halogens is 3. The summed E-state index contributed by atoms with van der Waals surface area (Å²) in [4.78, 5) is 3.76. The zero-order valence-corrected chi connectivity index (χ0v) is 15.6. The van der Waals surface area contributed by atoms with Crippen LogP contribution in [0.2, 0.25) is 0 Å². The molecule has 0 bridgehead atoms. The van der Waals surface area contributed by atoms with E-state index in [2.05, 4.69) is 26.8 Å². The molecule has 5 nitrogen and oxygen atoms in total. The highest BCUT2D eigenvalue weighted by molar-refractivity contribution is 6.99. The van der Waals surface area contributed by atoms with E-state index in [0.29, 0.717) is 19.0 Å². The predicted molar refractivity (Wildman–Crippen MR) is 93.2 cm³/mol. The maximum Gasteiger partial charge on any atom is 0.401 e. The van der Waals surface area contributed by atoms with Crippen LogP contribution in [0.15, 0.2) is 6.08 Å². The second-order valence-corrected chi connectivity index (χ2v) is 8.43. The number of aromatic nitrogens is 2. The molecule has 1 saturated carbocycles. The van der Waals surface area contributed by atoms with Crippen LogP contribution < -0.4 is 4.74 Å². The van der Waals surface area contributed by atoms with E-state index in [1.165, 1.54) is 4.90 Å². The third-order valence-electron chi connectivity index (χ3n) is 5.62. The molecule has 0 radical (unpaired) electrons. The molecule has 1 aromatic heterocycles. The number of hydrogen-bond acceptors (Lipinski definition) is 6. The van der Waals surface area contributed by atoms with E-state index in [9.17, 15) is 13.2 Å². The fraction of sp³-hybridized carbons (Fsp3) is 0.765. The molecule has 26 heavy (non-hydrogen) atoms. The average Bonchev–Trinajstić information content (AvgIpc) is 3.13. The van der Waals surface area contributed by atoms with Crippen molar-refractivity contribution < 1.29 is 17.9 Å². The number of ether oxygens (including phenoxy) is 1. The van der Waals surface area contributed by atoms with Crippen molar-refractivity contribution in [3.63, 3.8) is 0 Å². The molecule has 1 aliphatic carbocycles. The van der Waals surface area contributed by atoms with Crippen LogP contribution in [0.5, 0.6) is 5.88 Å². The summed E-state index contributed by atoms with van der Waals surface area (Å²) in [6.07, 6.45) is 1.52. The number of alkyl halides is 3. The smallest absolute Gasteiger partial charge is 0.401 e. The summed E-state index contributed by atoms with van der Waals surface area (Å²) in [5.74, 6) is 0.585. The number of rotatable bonds is 4. The van der Waals surface area contributed by atoms with Gasteiger partial charge in [-0.2, -0.15) is 17.5 Å². The molecule has 2 fully saturated rings. The van der Waals surface area contributed by atoms with Crippen LogP contribution in [-0.2, 0) is 0 Å². The Morgan fingerprint density at radius 2 is 2.12 bits per heavy atom. The van der Waals surface area contributed by atoms with Crippen LogP contribution >= 0.6 is 11.7 Å². The Bertz CT molecular complexity index is 684. The van der Waals surface area contributed by atoms with E-state index in [0.717, 1.165) is 61.8 Å². The van der Waals surface area contributed by atoms with Crippen LogP contribution in [0.1, 0.15) is 31.4 Å². The van der Waals surface area contributed by atoms with Crippen LogP contribution in [0, 0.1) is 5.41 Å². The van der Waals surface area contributed by atoms with Gasteiger partial charge in [-0.05, 0) is 50.3 Å². The minimum atomic E-state index is -4.12. The highest BCUT2D eigenvalue weighted by Crippen LogP contribution is 2.50. The second kappa shape index (κ2) is 6.76. The quantitative estimate of drug-likeness (QED) is 0.793. The monoisotopic (exact) mass is 388 g/mol. The van der Waals surface area contributed by atoms with Crippen molar-refractivity contribution in [2.45, 2.75) is 38.0 Å². The molecule has 0 amide bonds. The summed E-state index contributed by atoms with van der Waals surface area (Å²) in [6, 6.07) is 0. The van der Waals surface area contributed by atoms with Gasteiger partial charge in [0.05, 0.1) is 18.3 Å². The van der Waals surface area contributed by atoms with Gasteiger partial charge in [0.15, 0.2) is 0 Å². The van der Waals surface area contributed by atoms with Gasteiger partial charge in [-0.25, -0.2) is 0 Å². The minimum Gasteiger partial charge on any atom is -0.472 e. The molecule has 9 heteroatoms. The molecule has 144 valence electrons. The molecular formula is C17H23F3N4OS. The van der Waals surface area contributed by atoms with Gasteiger partial charge in [0.1, 0.15) is 11.8 Å². The van der Waals surface area contributed by atoms with Crippen LogP contribution in [0.3, 0.4) is 0 Å². The van der Waals surface area contributed by atoms with E-state index in [1.807, 2.05) is 0 Å². The highest BCUT2D eigenvalue weighted by Gasteiger charge is 2.51. The Kier molecular flexibility index (Phi) is 4.73. The molecule has 0 N–H and O–H groups in total. The standard InChI is InChI=1S/C17H23F3N4OS/c1-23-5-2-3-12(9-23)14-15(22-26-21-14)25-13-7-16(8-13)4-6-24(10-16)11-17(18,19)20/h3,13H,2,4-11H2,1H3. The summed E-state index contributed by atoms with van der Waals surface area (Å²) in [5, 5.41) is 0. The Morgan fingerprint density at radius 1 is 1.31 bits per heavy atom. The Hall–Kier alpha value is -1.19. The van der Waals surface area contributed by atoms with E-state index in [-0.39, 0.29) is 11.5 Å². The molecule has 3 aliphatic rings. The predicted octanol–water partition coefficient (Wildman–Crippen LogP) is 3.05. The molecular weight excluding hydrogens is 365 g/mol. The summed E-state index contributed by atoms with van der Waals surface area (Å²) >= 11 is 1.15. The molecule has 0 atom stereocenters. The lowest BCUT2D eigenvalue weighted by atomic mass is 9.66. The first-order chi connectivity index (χ1) is 12.3. The first kappa shape index (κ1) is 18.2. The van der Waals surface area contributed by atoms with Crippen LogP contribution in [-0.4, -0.2) is 70.6 Å². The van der Waals surface area contributed by atoms with E-state index in [1.54, 1.807) is 0 Å². The minimum absolute atomic E-state index is 0.0101. The highest BCUT2D eigenvalue weighted by atomic mass is 32.1. The number of nitrogens with zero attached hydrogens (tertiary/aromatic N) is 4. The van der Waals surface area contributed by atoms with Crippen LogP contribution in [0.25, 0.3) is 5.57 Å². The number of likely N-dealkylation sites (N-methyl/N-ethyl adjacent to an activating group) is 1. The van der Waals surface area contributed by atoms with Gasteiger partial charge < -0.3 is 9.64 Å². The largest absolute Gasteiger partial charge is 0.472 e. The lowest BCUT2D eigenvalue weighted by molar-refractivity contribution is -0.145. The molecule has 1 spiro atoms. The zero-order chi connectivity index (χ0) is 18.4. The van der Waals surface area contributed by atoms with Crippen molar-refractivity contribution in [2.75, 3.05) is 39.8 Å². The van der Waals surface area contributed by atoms with Crippen molar-refractivity contribution in [1.82, 2.24) is 18.5 Å². The topological polar surface area (TPSA) is 41.5 Å². The fourth-order valence-electron chi connectivity index (χ4n) is 4.42. The van der Waals surface area contributed by atoms with Gasteiger partial charge in [0.25, 0.3) is 5.88 Å². The van der Waals surface area contributed by atoms with Crippen molar-refractivity contribution >= 4 is 17.3 Å². The number of likely N-dealkylation sites (tertiary alicyclic amines) is 1. The maximum atomic E-state index is 12.6. The van der Waals surface area contributed by atoms with Crippen LogP contribution in [0.4, 0.5) is 13.2 Å². The summed E-state index contributed by atoms with van der Waals surface area (Å²) < 4.78 is 52.5. The normalized spacial score (nSPS) is 30.5. The second-order valence-electron chi connectivity index (χ2n) is 7.90. The molecule has 3 heterocycles. The first-order valence-corrected chi connectivity index (χ1v) is 9.71. The van der Waals surface area contributed by atoms with E-state index >= 15 is 0 Å². The SMILES string of the molecule is CN1CCC=C(c2nsnc2OC2CC3(CCN(CC(F)(F)F)C3)C2)C1. The summed E-state index contributed by atoms with van der Waals surface area (Å²) in [7, 11) is 2.08. The molecule has 4 rings (SSSR count). The van der Waals surface area contributed by atoms with E-state index in [4.69, 9.17) is 4.74 Å². The molecule has 1 aromatic rings. The van der Waals surface area contributed by atoms with Gasteiger partial charge in [0.2, 0.25) is 0 Å². The molecule has 0 unspecified atom stereocenters. The Balaban J connectivity index is 1.33. The Labute approximate surface area is 155 Å². The van der Waals surface area contributed by atoms with Crippen molar-refractivity contribution in [3.05, 3.63) is 11.8 Å². The molecule has 0 aromatic carbocycles.